The second-order valence-electron chi connectivity index (χ2n) is 7.79. The zero-order valence-electron chi connectivity index (χ0n) is 15.0. The molecule has 2 aliphatic heterocycles. The highest BCUT2D eigenvalue weighted by Crippen LogP contribution is 2.40. The van der Waals surface area contributed by atoms with Crippen LogP contribution in [0.3, 0.4) is 0 Å². The van der Waals surface area contributed by atoms with Gasteiger partial charge in [0.15, 0.2) is 0 Å². The van der Waals surface area contributed by atoms with Crippen molar-refractivity contribution < 1.29 is 4.74 Å². The fourth-order valence-corrected chi connectivity index (χ4v) is 3.65. The molecule has 0 amide bonds. The van der Waals surface area contributed by atoms with Gasteiger partial charge >= 0.3 is 0 Å². The Morgan fingerprint density at radius 1 is 1.23 bits per heavy atom. The Morgan fingerprint density at radius 2 is 2.12 bits per heavy atom. The highest BCUT2D eigenvalue weighted by atomic mass is 16.5. The maximum atomic E-state index is 6.13. The Hall–Kier alpha value is -2.47. The van der Waals surface area contributed by atoms with Crippen LogP contribution in [0.1, 0.15) is 43.0 Å². The van der Waals surface area contributed by atoms with Crippen LogP contribution in [0.5, 0.6) is 5.75 Å². The van der Waals surface area contributed by atoms with Crippen LogP contribution < -0.4 is 15.4 Å². The summed E-state index contributed by atoms with van der Waals surface area (Å²) < 4.78 is 6.13. The Morgan fingerprint density at radius 3 is 2.88 bits per heavy atom. The van der Waals surface area contributed by atoms with Crippen LogP contribution in [0.25, 0.3) is 0 Å². The van der Waals surface area contributed by atoms with Gasteiger partial charge in [-0.15, -0.1) is 0 Å². The molecule has 134 valence electrons. The molecular weight excluding hydrogens is 326 g/mol. The van der Waals surface area contributed by atoms with E-state index in [9.17, 15) is 0 Å². The third-order valence-electron chi connectivity index (χ3n) is 5.51. The highest BCUT2D eigenvalue weighted by Gasteiger charge is 2.40. The minimum absolute atomic E-state index is 0.0146. The van der Waals surface area contributed by atoms with Gasteiger partial charge in [0.2, 0.25) is 0 Å². The predicted octanol–water partition coefficient (Wildman–Crippen LogP) is 2.30. The summed E-state index contributed by atoms with van der Waals surface area (Å²) >= 11 is 0. The van der Waals surface area contributed by atoms with E-state index >= 15 is 0 Å². The van der Waals surface area contributed by atoms with Gasteiger partial charge in [-0.2, -0.15) is 0 Å². The Kier molecular flexibility index (Phi) is 3.50. The first-order valence-electron chi connectivity index (χ1n) is 9.29. The lowest BCUT2D eigenvalue weighted by Crippen LogP contribution is -2.27. The molecule has 1 aliphatic carbocycles. The van der Waals surface area contributed by atoms with Crippen molar-refractivity contribution in [3.8, 4) is 5.75 Å². The number of anilines is 1. The summed E-state index contributed by atoms with van der Waals surface area (Å²) in [5.41, 5.74) is 10.2. The number of rotatable bonds is 4. The molecule has 0 radical (unpaired) electrons. The van der Waals surface area contributed by atoms with E-state index < -0.39 is 0 Å². The van der Waals surface area contributed by atoms with Crippen molar-refractivity contribution >= 4 is 11.5 Å². The van der Waals surface area contributed by atoms with Gasteiger partial charge in [-0.05, 0) is 43.9 Å². The molecular formula is C20H23N5O. The van der Waals surface area contributed by atoms with Gasteiger partial charge in [0.25, 0.3) is 0 Å². The van der Waals surface area contributed by atoms with Gasteiger partial charge in [-0.1, -0.05) is 6.07 Å². The second kappa shape index (κ2) is 5.77. The van der Waals surface area contributed by atoms with Crippen LogP contribution in [0, 0.1) is 0 Å². The molecule has 6 heteroatoms. The van der Waals surface area contributed by atoms with Gasteiger partial charge in [-0.3, -0.25) is 4.99 Å². The van der Waals surface area contributed by atoms with Gasteiger partial charge in [0, 0.05) is 30.8 Å². The first-order valence-corrected chi connectivity index (χ1v) is 9.29. The molecule has 2 aromatic rings. The number of fused-ring (bicyclic) bond motifs is 1. The first-order chi connectivity index (χ1) is 12.6. The lowest BCUT2D eigenvalue weighted by atomic mass is 10.0. The number of aromatic nitrogens is 2. The van der Waals surface area contributed by atoms with Crippen molar-refractivity contribution in [1.29, 1.82) is 0 Å². The van der Waals surface area contributed by atoms with Crippen LogP contribution in [0.2, 0.25) is 0 Å². The van der Waals surface area contributed by atoms with Gasteiger partial charge in [0.1, 0.15) is 23.5 Å². The monoisotopic (exact) mass is 349 g/mol. The molecule has 0 unspecified atom stereocenters. The van der Waals surface area contributed by atoms with Gasteiger partial charge in [0.05, 0.1) is 18.0 Å². The third kappa shape index (κ3) is 2.84. The number of hydrogen-bond donors (Lipinski definition) is 1. The van der Waals surface area contributed by atoms with Crippen LogP contribution in [-0.2, 0) is 6.54 Å². The lowest BCUT2D eigenvalue weighted by molar-refractivity contribution is 0.200. The molecule has 3 aliphatic rings. The van der Waals surface area contributed by atoms with Gasteiger partial charge < -0.3 is 15.4 Å². The quantitative estimate of drug-likeness (QED) is 0.916. The van der Waals surface area contributed by atoms with E-state index in [0.717, 1.165) is 60.9 Å². The van der Waals surface area contributed by atoms with Crippen LogP contribution >= 0.6 is 0 Å². The zero-order chi connectivity index (χ0) is 17.7. The fraction of sp³-hybridized carbons (Fsp3) is 0.450. The first kappa shape index (κ1) is 15.8. The van der Waals surface area contributed by atoms with E-state index in [-0.39, 0.29) is 11.6 Å². The Labute approximate surface area is 153 Å². The van der Waals surface area contributed by atoms with Crippen molar-refractivity contribution in [2.45, 2.75) is 44.4 Å². The summed E-state index contributed by atoms with van der Waals surface area (Å²) in [6.07, 6.45) is 4.87. The number of benzene rings is 1. The van der Waals surface area contributed by atoms with Crippen molar-refractivity contribution in [1.82, 2.24) is 9.97 Å². The molecule has 0 spiro atoms. The summed E-state index contributed by atoms with van der Waals surface area (Å²) in [6, 6.07) is 8.54. The maximum Gasteiger partial charge on any atom is 0.132 e. The van der Waals surface area contributed by atoms with E-state index in [0.29, 0.717) is 6.54 Å². The average molecular weight is 349 g/mol. The van der Waals surface area contributed by atoms with Crippen molar-refractivity contribution in [3.05, 3.63) is 47.4 Å². The normalized spacial score (nSPS) is 22.9. The van der Waals surface area contributed by atoms with Crippen molar-refractivity contribution in [2.24, 2.45) is 10.7 Å². The van der Waals surface area contributed by atoms with E-state index in [1.807, 2.05) is 6.07 Å². The van der Waals surface area contributed by atoms with E-state index in [1.54, 1.807) is 6.33 Å². The molecule has 0 bridgehead atoms. The Balaban J connectivity index is 1.44. The number of hydrogen-bond acceptors (Lipinski definition) is 6. The summed E-state index contributed by atoms with van der Waals surface area (Å²) in [6.45, 7) is 4.64. The van der Waals surface area contributed by atoms with E-state index in [2.05, 4.69) is 40.0 Å². The van der Waals surface area contributed by atoms with E-state index in [1.165, 1.54) is 5.56 Å². The third-order valence-corrected chi connectivity index (χ3v) is 5.51. The van der Waals surface area contributed by atoms with Crippen LogP contribution in [0.4, 0.5) is 5.82 Å². The van der Waals surface area contributed by atoms with Gasteiger partial charge in [-0.25, -0.2) is 9.97 Å². The minimum Gasteiger partial charge on any atom is -0.488 e. The minimum atomic E-state index is 0.0146. The maximum absolute atomic E-state index is 6.13. The molecule has 1 saturated carbocycles. The fourth-order valence-electron chi connectivity index (χ4n) is 3.65. The molecule has 1 aromatic carbocycles. The summed E-state index contributed by atoms with van der Waals surface area (Å²) in [4.78, 5) is 15.9. The predicted molar refractivity (Wildman–Crippen MR) is 101 cm³/mol. The molecule has 3 heterocycles. The zero-order valence-corrected chi connectivity index (χ0v) is 15.0. The summed E-state index contributed by atoms with van der Waals surface area (Å²) in [5.74, 6) is 1.84. The molecule has 2 fully saturated rings. The molecule has 5 rings (SSSR count). The van der Waals surface area contributed by atoms with E-state index in [4.69, 9.17) is 15.5 Å². The molecule has 1 saturated heterocycles. The molecule has 1 atom stereocenters. The molecule has 26 heavy (non-hydrogen) atoms. The SMILES string of the molecule is CC1(Oc2ccc3c(c2)C(c2cc(N4CC[C@@H](N)C4)ncn2)=NC3)CC1. The van der Waals surface area contributed by atoms with Crippen molar-refractivity contribution in [3.63, 3.8) is 0 Å². The second-order valence-corrected chi connectivity index (χ2v) is 7.79. The highest BCUT2D eigenvalue weighted by molar-refractivity contribution is 6.14. The Bertz CT molecular complexity index is 890. The lowest BCUT2D eigenvalue weighted by Gasteiger charge is -2.17. The summed E-state index contributed by atoms with van der Waals surface area (Å²) in [7, 11) is 0. The number of ether oxygens (including phenoxy) is 1. The number of nitrogens with zero attached hydrogens (tertiary/aromatic N) is 4. The average Bonchev–Trinajstić information content (AvgIpc) is 3.05. The van der Waals surface area contributed by atoms with Crippen molar-refractivity contribution in [2.75, 3.05) is 18.0 Å². The molecule has 2 N–H and O–H groups in total. The smallest absolute Gasteiger partial charge is 0.132 e. The van der Waals surface area contributed by atoms with Crippen LogP contribution in [0.15, 0.2) is 35.6 Å². The molecule has 6 nitrogen and oxygen atoms in total. The standard InChI is InChI=1S/C20H23N5O/c1-20(5-6-20)26-15-3-2-13-10-22-19(16(13)8-15)17-9-18(24-12-23-17)25-7-4-14(21)11-25/h2-3,8-9,12,14H,4-7,10-11,21H2,1H3/t14-/m1/s1. The largest absolute Gasteiger partial charge is 0.488 e. The number of nitrogens with two attached hydrogens (primary N) is 1. The van der Waals surface area contributed by atoms with Crippen LogP contribution in [-0.4, -0.2) is 40.4 Å². The number of aliphatic imine (C=N–C) groups is 1. The summed E-state index contributed by atoms with van der Waals surface area (Å²) in [5, 5.41) is 0. The molecule has 1 aromatic heterocycles. The topological polar surface area (TPSA) is 76.6 Å².